The third-order valence-corrected chi connectivity index (χ3v) is 5.57. The number of likely N-dealkylation sites (tertiary alicyclic amines) is 1. The minimum Gasteiger partial charge on any atom is -0.348 e. The van der Waals surface area contributed by atoms with Gasteiger partial charge in [-0.1, -0.05) is 0 Å². The molecule has 7 nitrogen and oxygen atoms in total. The van der Waals surface area contributed by atoms with Gasteiger partial charge in [-0.2, -0.15) is 0 Å². The third kappa shape index (κ3) is 2.95. The van der Waals surface area contributed by atoms with Crippen molar-refractivity contribution in [2.45, 2.75) is 32.9 Å². The number of halogens is 1. The van der Waals surface area contributed by atoms with Crippen LogP contribution in [0.2, 0.25) is 0 Å². The molecule has 1 aliphatic heterocycles. The van der Waals surface area contributed by atoms with Crippen LogP contribution in [0.3, 0.4) is 0 Å². The Bertz CT molecular complexity index is 1220. The summed E-state index contributed by atoms with van der Waals surface area (Å²) < 4.78 is 18.7. The van der Waals surface area contributed by atoms with Crippen molar-refractivity contribution in [3.8, 4) is 11.1 Å². The topological polar surface area (TPSA) is 63.3 Å². The molecule has 0 atom stereocenters. The zero-order valence-corrected chi connectivity index (χ0v) is 17.0. The maximum Gasteiger partial charge on any atom is 0.241 e. The first-order valence-electron chi connectivity index (χ1n) is 9.88. The number of hydrogen-bond donors (Lipinski definition) is 1. The lowest BCUT2D eigenvalue weighted by molar-refractivity contribution is 0.204. The predicted molar refractivity (Wildman–Crippen MR) is 112 cm³/mol. The molecule has 0 spiro atoms. The summed E-state index contributed by atoms with van der Waals surface area (Å²) in [5.74, 6) is 1.11. The number of benzene rings is 1. The van der Waals surface area contributed by atoms with Gasteiger partial charge in [-0.05, 0) is 51.6 Å². The zero-order valence-electron chi connectivity index (χ0n) is 17.0. The highest BCUT2D eigenvalue weighted by molar-refractivity contribution is 5.88. The highest BCUT2D eigenvalue weighted by atomic mass is 19.1. The van der Waals surface area contributed by atoms with Crippen LogP contribution < -0.4 is 5.32 Å². The molecule has 1 aromatic carbocycles. The number of likely N-dealkylation sites (N-methyl/N-ethyl adjacent to an activating group) is 1. The van der Waals surface area contributed by atoms with Crippen LogP contribution in [-0.4, -0.2) is 55.2 Å². The summed E-state index contributed by atoms with van der Waals surface area (Å²) in [6.45, 7) is 8.04. The van der Waals surface area contributed by atoms with Crippen LogP contribution in [0, 0.1) is 12.7 Å². The van der Waals surface area contributed by atoms with Crippen LogP contribution in [-0.2, 0) is 0 Å². The van der Waals surface area contributed by atoms with Crippen LogP contribution in [0.5, 0.6) is 0 Å². The van der Waals surface area contributed by atoms with Gasteiger partial charge in [0.2, 0.25) is 5.95 Å². The number of nitrogens with zero attached hydrogens (tertiary/aromatic N) is 6. The molecule has 4 heterocycles. The molecule has 8 heteroatoms. The molecule has 29 heavy (non-hydrogen) atoms. The Morgan fingerprint density at radius 1 is 1.21 bits per heavy atom. The van der Waals surface area contributed by atoms with E-state index in [1.54, 1.807) is 16.8 Å². The summed E-state index contributed by atoms with van der Waals surface area (Å²) in [4.78, 5) is 11.1. The van der Waals surface area contributed by atoms with Crippen molar-refractivity contribution >= 4 is 22.5 Å². The van der Waals surface area contributed by atoms with E-state index < -0.39 is 0 Å². The fourth-order valence-corrected chi connectivity index (χ4v) is 4.26. The second-order valence-electron chi connectivity index (χ2n) is 8.15. The SMILES string of the molecule is Cc1nc2c(F)cc(-c3ccn4nc(NC5CN(C)C5)ncc34)cc2n1C(C)C. The van der Waals surface area contributed by atoms with Gasteiger partial charge in [-0.25, -0.2) is 18.9 Å². The minimum absolute atomic E-state index is 0.197. The van der Waals surface area contributed by atoms with E-state index in [0.717, 1.165) is 41.1 Å². The molecule has 0 aliphatic carbocycles. The summed E-state index contributed by atoms with van der Waals surface area (Å²) in [5.41, 5.74) is 3.75. The Morgan fingerprint density at radius 3 is 2.72 bits per heavy atom. The molecule has 1 N–H and O–H groups in total. The third-order valence-electron chi connectivity index (χ3n) is 5.57. The van der Waals surface area contributed by atoms with Crippen molar-refractivity contribution in [2.24, 2.45) is 0 Å². The largest absolute Gasteiger partial charge is 0.348 e. The highest BCUT2D eigenvalue weighted by Gasteiger charge is 2.24. The van der Waals surface area contributed by atoms with Crippen LogP contribution in [0.25, 0.3) is 27.7 Å². The van der Waals surface area contributed by atoms with Crippen molar-refractivity contribution in [2.75, 3.05) is 25.5 Å². The van der Waals surface area contributed by atoms with E-state index in [4.69, 9.17) is 0 Å². The Balaban J connectivity index is 1.56. The highest BCUT2D eigenvalue weighted by Crippen LogP contribution is 2.32. The molecule has 1 fully saturated rings. The number of anilines is 1. The summed E-state index contributed by atoms with van der Waals surface area (Å²) in [6, 6.07) is 6.08. The number of aromatic nitrogens is 5. The van der Waals surface area contributed by atoms with Crippen LogP contribution in [0.1, 0.15) is 25.7 Å². The first-order valence-corrected chi connectivity index (χ1v) is 9.88. The predicted octanol–water partition coefficient (Wildman–Crippen LogP) is 3.50. The van der Waals surface area contributed by atoms with Gasteiger partial charge in [0.1, 0.15) is 11.3 Å². The average molecular weight is 393 g/mol. The molecule has 0 bridgehead atoms. The van der Waals surface area contributed by atoms with Crippen molar-refractivity contribution in [1.29, 1.82) is 0 Å². The van der Waals surface area contributed by atoms with Gasteiger partial charge in [0, 0.05) is 30.9 Å². The number of aryl methyl sites for hydroxylation is 1. The van der Waals surface area contributed by atoms with Gasteiger partial charge in [0.05, 0.1) is 23.3 Å². The molecule has 0 unspecified atom stereocenters. The molecule has 0 radical (unpaired) electrons. The molecular formula is C21H24FN7. The average Bonchev–Trinajstić information content (AvgIpc) is 3.20. The van der Waals surface area contributed by atoms with Crippen LogP contribution in [0.4, 0.5) is 10.3 Å². The van der Waals surface area contributed by atoms with Crippen molar-refractivity contribution in [3.63, 3.8) is 0 Å². The monoisotopic (exact) mass is 393 g/mol. The first-order chi connectivity index (χ1) is 13.9. The fourth-order valence-electron chi connectivity index (χ4n) is 4.26. The number of fused-ring (bicyclic) bond motifs is 2. The smallest absolute Gasteiger partial charge is 0.241 e. The Kier molecular flexibility index (Phi) is 4.06. The van der Waals surface area contributed by atoms with Gasteiger partial charge >= 0.3 is 0 Å². The van der Waals surface area contributed by atoms with E-state index in [2.05, 4.69) is 50.7 Å². The maximum absolute atomic E-state index is 14.9. The molecule has 0 saturated carbocycles. The molecule has 3 aromatic heterocycles. The quantitative estimate of drug-likeness (QED) is 0.575. The van der Waals surface area contributed by atoms with Gasteiger partial charge in [-0.3, -0.25) is 0 Å². The normalized spacial score (nSPS) is 15.5. The van der Waals surface area contributed by atoms with Gasteiger partial charge in [-0.15, -0.1) is 5.10 Å². The molecule has 4 aromatic rings. The zero-order chi connectivity index (χ0) is 20.3. The lowest BCUT2D eigenvalue weighted by Gasteiger charge is -2.36. The maximum atomic E-state index is 14.9. The lowest BCUT2D eigenvalue weighted by atomic mass is 10.1. The Labute approximate surface area is 168 Å². The number of hydrogen-bond acceptors (Lipinski definition) is 5. The number of imidazole rings is 1. The Hall–Kier alpha value is -3.00. The van der Waals surface area contributed by atoms with Gasteiger partial charge in [0.15, 0.2) is 5.82 Å². The Morgan fingerprint density at radius 2 is 2.00 bits per heavy atom. The molecule has 1 aliphatic rings. The van der Waals surface area contributed by atoms with Gasteiger partial charge < -0.3 is 14.8 Å². The molecule has 5 rings (SSSR count). The molecular weight excluding hydrogens is 369 g/mol. The molecule has 0 amide bonds. The molecule has 150 valence electrons. The second kappa shape index (κ2) is 6.52. The fraction of sp³-hybridized carbons (Fsp3) is 0.381. The van der Waals surface area contributed by atoms with Crippen molar-refractivity contribution in [1.82, 2.24) is 29.0 Å². The van der Waals surface area contributed by atoms with Crippen LogP contribution in [0.15, 0.2) is 30.6 Å². The standard InChI is InChI=1S/C21H24FN7/c1-12(2)29-13(3)24-20-17(22)7-14(8-18(20)29)16-5-6-28-19(16)9-23-21(26-28)25-15-10-27(4)11-15/h5-9,12,15H,10-11H2,1-4H3,(H,25,26). The second-order valence-corrected chi connectivity index (χ2v) is 8.15. The summed E-state index contributed by atoms with van der Waals surface area (Å²) >= 11 is 0. The minimum atomic E-state index is -0.312. The number of rotatable bonds is 4. The van der Waals surface area contributed by atoms with E-state index in [-0.39, 0.29) is 11.9 Å². The number of nitrogens with one attached hydrogen (secondary N) is 1. The van der Waals surface area contributed by atoms with E-state index in [1.165, 1.54) is 0 Å². The van der Waals surface area contributed by atoms with Crippen molar-refractivity contribution < 1.29 is 4.39 Å². The summed E-state index contributed by atoms with van der Waals surface area (Å²) in [6.07, 6.45) is 3.68. The van der Waals surface area contributed by atoms with E-state index in [1.807, 2.05) is 25.3 Å². The van der Waals surface area contributed by atoms with Gasteiger partial charge in [0.25, 0.3) is 0 Å². The lowest BCUT2D eigenvalue weighted by Crippen LogP contribution is -2.52. The van der Waals surface area contributed by atoms with E-state index >= 15 is 0 Å². The van der Waals surface area contributed by atoms with Crippen LogP contribution >= 0.6 is 0 Å². The van der Waals surface area contributed by atoms with E-state index in [0.29, 0.717) is 17.5 Å². The summed E-state index contributed by atoms with van der Waals surface area (Å²) in [5, 5.41) is 7.92. The van der Waals surface area contributed by atoms with E-state index in [9.17, 15) is 4.39 Å². The first kappa shape index (κ1) is 18.1. The van der Waals surface area contributed by atoms with Crippen molar-refractivity contribution in [3.05, 3.63) is 42.2 Å². The molecule has 1 saturated heterocycles. The summed E-state index contributed by atoms with van der Waals surface area (Å²) in [7, 11) is 2.09.